The topological polar surface area (TPSA) is 125 Å². The summed E-state index contributed by atoms with van der Waals surface area (Å²) in [5.41, 5.74) is 2.48. The van der Waals surface area contributed by atoms with E-state index < -0.39 is 17.2 Å². The Labute approximate surface area is 319 Å². The highest BCUT2D eigenvalue weighted by molar-refractivity contribution is 7.43. The quantitative estimate of drug-likeness (QED) is 0.0688. The van der Waals surface area contributed by atoms with Crippen molar-refractivity contribution in [3.05, 3.63) is 167 Å². The summed E-state index contributed by atoms with van der Waals surface area (Å²) in [6.07, 6.45) is 1.67. The van der Waals surface area contributed by atoms with Crippen LogP contribution in [0, 0.1) is 0 Å². The van der Waals surface area contributed by atoms with Crippen molar-refractivity contribution < 1.29 is 51.0 Å². The van der Waals surface area contributed by atoms with Crippen molar-refractivity contribution in [3.63, 3.8) is 0 Å². The predicted molar refractivity (Wildman–Crippen MR) is 206 cm³/mol. The fourth-order valence-electron chi connectivity index (χ4n) is 5.75. The zero-order valence-corrected chi connectivity index (χ0v) is 31.2. The van der Waals surface area contributed by atoms with Crippen LogP contribution in [-0.4, -0.2) is 32.6 Å². The largest absolute Gasteiger partial charge is 0.530 e. The van der Waals surface area contributed by atoms with Crippen LogP contribution < -0.4 is 36.6 Å². The maximum Gasteiger partial charge on any atom is 0.530 e. The average molecular weight is 775 g/mol. The van der Waals surface area contributed by atoms with Crippen LogP contribution in [0.15, 0.2) is 133 Å². The Bertz CT molecular complexity index is 2240. The number of hydrogen-bond acceptors (Lipinski definition) is 11. The lowest BCUT2D eigenvalue weighted by molar-refractivity contribution is 0.103. The number of ether oxygens (including phenoxy) is 2. The fraction of sp³-hybridized carbons (Fsp3) is 0.0714. The van der Waals surface area contributed by atoms with Gasteiger partial charge in [-0.15, -0.1) is 0 Å². The third-order valence-corrected chi connectivity index (χ3v) is 10.4. The SMILES string of the molecule is COc1ccccc1OP(Oc1ccccc1OC)Oc1cccc2c1C(=O)c1c(cccc1OP(Oc1ccccc1C=O)Oc1ccccc1C=O)C2. The first-order valence-corrected chi connectivity index (χ1v) is 19.0. The molecular formula is C42H32O11P2. The second kappa shape index (κ2) is 17.2. The molecule has 0 unspecified atom stereocenters. The first-order valence-electron chi connectivity index (χ1n) is 16.8. The number of para-hydroxylation sites is 6. The van der Waals surface area contributed by atoms with Gasteiger partial charge in [0.15, 0.2) is 35.6 Å². The minimum absolute atomic E-state index is 0.166. The molecule has 0 aromatic heterocycles. The van der Waals surface area contributed by atoms with Gasteiger partial charge in [0, 0.05) is 0 Å². The average Bonchev–Trinajstić information content (AvgIpc) is 3.21. The fourth-order valence-corrected chi connectivity index (χ4v) is 7.88. The van der Waals surface area contributed by atoms with E-state index in [0.717, 1.165) is 0 Å². The molecule has 0 radical (unpaired) electrons. The highest BCUT2D eigenvalue weighted by Gasteiger charge is 2.34. The highest BCUT2D eigenvalue weighted by atomic mass is 31.2. The summed E-state index contributed by atoms with van der Waals surface area (Å²) in [7, 11) is -1.59. The van der Waals surface area contributed by atoms with Gasteiger partial charge in [0.2, 0.25) is 5.78 Å². The Morgan fingerprint density at radius 3 is 1.15 bits per heavy atom. The van der Waals surface area contributed by atoms with Gasteiger partial charge in [-0.1, -0.05) is 72.8 Å². The van der Waals surface area contributed by atoms with Gasteiger partial charge in [-0.3, -0.25) is 14.4 Å². The van der Waals surface area contributed by atoms with Gasteiger partial charge in [-0.2, -0.15) is 0 Å². The van der Waals surface area contributed by atoms with Crippen molar-refractivity contribution in [3.8, 4) is 46.0 Å². The zero-order valence-electron chi connectivity index (χ0n) is 29.4. The molecule has 6 aromatic rings. The van der Waals surface area contributed by atoms with Gasteiger partial charge in [0.1, 0.15) is 23.0 Å². The van der Waals surface area contributed by atoms with E-state index in [1.54, 1.807) is 109 Å². The van der Waals surface area contributed by atoms with E-state index in [4.69, 9.17) is 36.6 Å². The summed E-state index contributed by atoms with van der Waals surface area (Å²) in [6.45, 7) is 0. The standard InChI is InChI=1S/C42H32O11P2/c1-46-34-19-7-9-21-36(34)50-55(51-37-22-10-8-20-35(37)47-2)53-39-24-12-16-29-25-28-15-11-23-38(40(28)42(45)41(29)39)52-54(48-32-17-5-3-13-30(32)26-43)49-33-18-6-4-14-31(33)27-44/h3-24,26-27H,25H2,1-2H3. The Morgan fingerprint density at radius 1 is 0.418 bits per heavy atom. The second-order valence-electron chi connectivity index (χ2n) is 11.7. The molecule has 0 spiro atoms. The molecule has 1 aliphatic carbocycles. The minimum atomic E-state index is -2.38. The van der Waals surface area contributed by atoms with Crippen molar-refractivity contribution in [1.29, 1.82) is 0 Å². The van der Waals surface area contributed by atoms with Crippen LogP contribution in [-0.2, 0) is 6.42 Å². The predicted octanol–water partition coefficient (Wildman–Crippen LogP) is 9.99. The number of methoxy groups -OCH3 is 2. The number of carbonyl (C=O) groups is 3. The van der Waals surface area contributed by atoms with Crippen LogP contribution in [0.25, 0.3) is 0 Å². The molecule has 0 amide bonds. The lowest BCUT2D eigenvalue weighted by Gasteiger charge is -2.26. The summed E-state index contributed by atoms with van der Waals surface area (Å²) in [5.74, 6) is 2.03. The summed E-state index contributed by atoms with van der Waals surface area (Å²) in [4.78, 5) is 38.4. The summed E-state index contributed by atoms with van der Waals surface area (Å²) in [5, 5.41) is 0. The van der Waals surface area contributed by atoms with E-state index in [-0.39, 0.29) is 51.0 Å². The molecule has 0 bridgehead atoms. The number of aldehydes is 2. The smallest absolute Gasteiger partial charge is 0.493 e. The Balaban J connectivity index is 1.24. The van der Waals surface area contributed by atoms with E-state index in [1.807, 2.05) is 24.3 Å². The van der Waals surface area contributed by atoms with Crippen molar-refractivity contribution in [2.75, 3.05) is 14.2 Å². The Kier molecular flexibility index (Phi) is 11.5. The lowest BCUT2D eigenvalue weighted by atomic mass is 9.84. The molecule has 11 nitrogen and oxygen atoms in total. The van der Waals surface area contributed by atoms with Crippen molar-refractivity contribution >= 4 is 35.6 Å². The van der Waals surface area contributed by atoms with Crippen LogP contribution in [0.4, 0.5) is 0 Å². The Morgan fingerprint density at radius 2 is 0.745 bits per heavy atom. The van der Waals surface area contributed by atoms with Crippen molar-refractivity contribution in [2.45, 2.75) is 6.42 Å². The number of fused-ring (bicyclic) bond motifs is 2. The van der Waals surface area contributed by atoms with Crippen LogP contribution >= 0.6 is 17.2 Å². The molecule has 0 fully saturated rings. The number of rotatable bonds is 16. The van der Waals surface area contributed by atoms with Crippen LogP contribution in [0.1, 0.15) is 47.8 Å². The lowest BCUT2D eigenvalue weighted by Crippen LogP contribution is -2.18. The van der Waals surface area contributed by atoms with E-state index >= 15 is 0 Å². The molecule has 0 heterocycles. The van der Waals surface area contributed by atoms with Crippen LogP contribution in [0.5, 0.6) is 46.0 Å². The van der Waals surface area contributed by atoms with E-state index in [2.05, 4.69) is 0 Å². The maximum absolute atomic E-state index is 14.7. The molecule has 0 saturated carbocycles. The molecule has 0 N–H and O–H groups in total. The Hall–Kier alpha value is -6.41. The van der Waals surface area contributed by atoms with Gasteiger partial charge in [0.25, 0.3) is 0 Å². The zero-order chi connectivity index (χ0) is 38.1. The third-order valence-electron chi connectivity index (χ3n) is 8.33. The van der Waals surface area contributed by atoms with E-state index in [1.165, 1.54) is 14.2 Å². The molecule has 0 saturated heterocycles. The van der Waals surface area contributed by atoms with Crippen LogP contribution in [0.3, 0.4) is 0 Å². The summed E-state index contributed by atoms with van der Waals surface area (Å²) >= 11 is 0. The minimum Gasteiger partial charge on any atom is -0.493 e. The highest BCUT2D eigenvalue weighted by Crippen LogP contribution is 2.50. The van der Waals surface area contributed by atoms with Crippen molar-refractivity contribution in [1.82, 2.24) is 0 Å². The van der Waals surface area contributed by atoms with Gasteiger partial charge in [0.05, 0.1) is 36.5 Å². The molecule has 1 aliphatic rings. The van der Waals surface area contributed by atoms with Gasteiger partial charge >= 0.3 is 17.2 Å². The molecule has 0 aliphatic heterocycles. The molecule has 276 valence electrons. The molecule has 6 aromatic carbocycles. The number of benzene rings is 6. The van der Waals surface area contributed by atoms with Gasteiger partial charge in [-0.05, 0) is 78.2 Å². The third kappa shape index (κ3) is 8.24. The molecule has 0 atom stereocenters. The number of ketones is 1. The first-order chi connectivity index (χ1) is 27.0. The molecule has 55 heavy (non-hydrogen) atoms. The molecular weight excluding hydrogens is 742 g/mol. The van der Waals surface area contributed by atoms with Crippen LogP contribution in [0.2, 0.25) is 0 Å². The van der Waals surface area contributed by atoms with E-state index in [0.29, 0.717) is 53.1 Å². The molecule has 13 heteroatoms. The second-order valence-corrected chi connectivity index (χ2v) is 13.7. The van der Waals surface area contributed by atoms with Crippen molar-refractivity contribution in [2.24, 2.45) is 0 Å². The normalized spacial score (nSPS) is 11.5. The first kappa shape index (κ1) is 36.9. The van der Waals surface area contributed by atoms with E-state index in [9.17, 15) is 14.4 Å². The molecule has 7 rings (SSSR count). The monoisotopic (exact) mass is 774 g/mol. The van der Waals surface area contributed by atoms with Gasteiger partial charge < -0.3 is 36.6 Å². The summed E-state index contributed by atoms with van der Waals surface area (Å²) < 4.78 is 48.8. The number of hydrogen-bond donors (Lipinski definition) is 0. The van der Waals surface area contributed by atoms with Gasteiger partial charge in [-0.25, -0.2) is 0 Å². The number of carbonyl (C=O) groups excluding carboxylic acids is 3. The summed E-state index contributed by atoms with van der Waals surface area (Å²) in [6, 6.07) is 37.8. The maximum atomic E-state index is 14.7.